The third-order valence-corrected chi connectivity index (χ3v) is 6.82. The van der Waals surface area contributed by atoms with Crippen molar-refractivity contribution in [1.29, 1.82) is 0 Å². The molecule has 1 heterocycles. The lowest BCUT2D eigenvalue weighted by atomic mass is 9.94. The van der Waals surface area contributed by atoms with Gasteiger partial charge in [-0.05, 0) is 80.5 Å². The van der Waals surface area contributed by atoms with E-state index in [-0.39, 0.29) is 11.7 Å². The first kappa shape index (κ1) is 30.6. The second-order valence-corrected chi connectivity index (χ2v) is 10.2. The van der Waals surface area contributed by atoms with Crippen LogP contribution in [-0.4, -0.2) is 33.3 Å². The molecule has 0 fully saturated rings. The summed E-state index contributed by atoms with van der Waals surface area (Å²) >= 11 is 0. The van der Waals surface area contributed by atoms with Gasteiger partial charge in [0.15, 0.2) is 5.67 Å². The second-order valence-electron chi connectivity index (χ2n) is 10.2. The number of carboxylic acids is 1. The van der Waals surface area contributed by atoms with Gasteiger partial charge in [0, 0.05) is 36.6 Å². The van der Waals surface area contributed by atoms with Gasteiger partial charge in [-0.3, -0.25) is 9.79 Å². The molecule has 0 aliphatic rings. The summed E-state index contributed by atoms with van der Waals surface area (Å²) in [7, 11) is 0. The van der Waals surface area contributed by atoms with Gasteiger partial charge >= 0.3 is 5.97 Å². The first-order valence-corrected chi connectivity index (χ1v) is 13.6. The van der Waals surface area contributed by atoms with Gasteiger partial charge in [0.2, 0.25) is 5.95 Å². The molecule has 0 aliphatic heterocycles. The van der Waals surface area contributed by atoms with Crippen LogP contribution >= 0.6 is 0 Å². The maximum atomic E-state index is 15.0. The van der Waals surface area contributed by atoms with Crippen LogP contribution in [0, 0.1) is 11.7 Å². The predicted octanol–water partition coefficient (Wildman–Crippen LogP) is 7.85. The molecule has 2 aromatic carbocycles. The van der Waals surface area contributed by atoms with Crippen molar-refractivity contribution in [3.05, 3.63) is 83.5 Å². The Labute approximate surface area is 235 Å². The zero-order valence-electron chi connectivity index (χ0n) is 23.8. The van der Waals surface area contributed by atoms with E-state index < -0.39 is 11.6 Å². The van der Waals surface area contributed by atoms with Crippen molar-refractivity contribution in [2.24, 2.45) is 10.9 Å². The molecule has 212 valence electrons. The van der Waals surface area contributed by atoms with Crippen molar-refractivity contribution in [3.8, 4) is 11.1 Å². The summed E-state index contributed by atoms with van der Waals surface area (Å²) in [5.74, 6) is -1.09. The van der Waals surface area contributed by atoms with Crippen LogP contribution in [-0.2, 0) is 23.3 Å². The van der Waals surface area contributed by atoms with E-state index in [1.165, 1.54) is 19.1 Å². The predicted molar refractivity (Wildman–Crippen MR) is 158 cm³/mol. The number of rotatable bonds is 13. The fourth-order valence-corrected chi connectivity index (χ4v) is 4.38. The molecule has 0 spiro atoms. The van der Waals surface area contributed by atoms with Crippen LogP contribution in [0.25, 0.3) is 11.1 Å². The molecule has 0 bridgehead atoms. The molecular weight excluding hydrogens is 510 g/mol. The number of carboxylic acid groups (broad SMARTS) is 1. The number of nitrogens with zero attached hydrogens (tertiary/aromatic N) is 3. The van der Waals surface area contributed by atoms with Crippen LogP contribution in [0.2, 0.25) is 0 Å². The molecule has 0 saturated carbocycles. The molecular formula is C32H38F2N4O2. The van der Waals surface area contributed by atoms with Gasteiger partial charge < -0.3 is 10.4 Å². The van der Waals surface area contributed by atoms with Gasteiger partial charge in [-0.1, -0.05) is 44.2 Å². The number of hydrogen-bond donors (Lipinski definition) is 2. The van der Waals surface area contributed by atoms with Crippen molar-refractivity contribution in [2.45, 2.75) is 66.0 Å². The highest BCUT2D eigenvalue weighted by atomic mass is 19.1. The molecule has 0 amide bonds. The van der Waals surface area contributed by atoms with Crippen molar-refractivity contribution in [2.75, 3.05) is 11.9 Å². The summed E-state index contributed by atoms with van der Waals surface area (Å²) in [4.78, 5) is 24.2. The summed E-state index contributed by atoms with van der Waals surface area (Å²) in [6, 6.07) is 10.5. The van der Waals surface area contributed by atoms with Crippen molar-refractivity contribution in [3.63, 3.8) is 0 Å². The molecule has 40 heavy (non-hydrogen) atoms. The lowest BCUT2D eigenvalue weighted by molar-refractivity contribution is -0.141. The number of halogens is 2. The standard InChI is InChI=1S/C32H38F2N4O2/c1-6-14-32(5,34)27-12-13-29(23(7-2)17-27)38-22(4)16-25-11-10-24(18-28(25)33)26-19-36-31(37-20-26)35-15-8-9-21(3)30(39)40/h6,10-14,17-21H,7-9,15-16H2,1-5H3,(H,39,40)(H,35,36,37). The van der Waals surface area contributed by atoms with E-state index in [0.717, 1.165) is 17.0 Å². The molecule has 0 radical (unpaired) electrons. The summed E-state index contributed by atoms with van der Waals surface area (Å²) in [6.07, 6.45) is 8.80. The monoisotopic (exact) mass is 548 g/mol. The Morgan fingerprint density at radius 3 is 2.50 bits per heavy atom. The molecule has 3 aromatic rings. The molecule has 2 N–H and O–H groups in total. The summed E-state index contributed by atoms with van der Waals surface area (Å²) in [5.41, 5.74) is 3.36. The van der Waals surface area contributed by atoms with Crippen LogP contribution in [0.1, 0.15) is 64.2 Å². The zero-order chi connectivity index (χ0) is 29.3. The Morgan fingerprint density at radius 1 is 1.15 bits per heavy atom. The smallest absolute Gasteiger partial charge is 0.306 e. The molecule has 8 heteroatoms. The first-order valence-electron chi connectivity index (χ1n) is 13.6. The molecule has 3 rings (SSSR count). The minimum atomic E-state index is -1.55. The Bertz CT molecular complexity index is 1370. The lowest BCUT2D eigenvalue weighted by Gasteiger charge is -2.18. The second kappa shape index (κ2) is 13.9. The molecule has 2 unspecified atom stereocenters. The van der Waals surface area contributed by atoms with Gasteiger partial charge in [0.1, 0.15) is 5.82 Å². The van der Waals surface area contributed by atoms with E-state index in [1.807, 2.05) is 32.0 Å². The fraction of sp³-hybridized carbons (Fsp3) is 0.375. The number of aliphatic carboxylic acids is 1. The van der Waals surface area contributed by atoms with Crippen LogP contribution in [0.15, 0.2) is 65.9 Å². The van der Waals surface area contributed by atoms with E-state index in [1.54, 1.807) is 44.4 Å². The van der Waals surface area contributed by atoms with Crippen LogP contribution in [0.3, 0.4) is 0 Å². The maximum absolute atomic E-state index is 15.0. The zero-order valence-corrected chi connectivity index (χ0v) is 23.8. The highest BCUT2D eigenvalue weighted by Crippen LogP contribution is 2.32. The number of aliphatic imine (C=N–C) groups is 1. The Balaban J connectivity index is 1.66. The topological polar surface area (TPSA) is 87.5 Å². The van der Waals surface area contributed by atoms with Crippen LogP contribution < -0.4 is 5.32 Å². The van der Waals surface area contributed by atoms with Crippen molar-refractivity contribution >= 4 is 23.3 Å². The first-order chi connectivity index (χ1) is 19.0. The average molecular weight is 549 g/mol. The summed E-state index contributed by atoms with van der Waals surface area (Å²) < 4.78 is 30.0. The van der Waals surface area contributed by atoms with Crippen LogP contribution in [0.5, 0.6) is 0 Å². The number of anilines is 1. The number of allylic oxidation sites excluding steroid dienone is 2. The minimum Gasteiger partial charge on any atom is -0.481 e. The van der Waals surface area contributed by atoms with E-state index >= 15 is 4.39 Å². The third-order valence-electron chi connectivity index (χ3n) is 6.82. The maximum Gasteiger partial charge on any atom is 0.306 e. The van der Waals surface area contributed by atoms with Crippen molar-refractivity contribution < 1.29 is 18.7 Å². The van der Waals surface area contributed by atoms with E-state index in [2.05, 4.69) is 15.3 Å². The van der Waals surface area contributed by atoms with E-state index in [0.29, 0.717) is 60.4 Å². The Hall–Kier alpha value is -3.94. The van der Waals surface area contributed by atoms with Gasteiger partial charge in [-0.2, -0.15) is 0 Å². The van der Waals surface area contributed by atoms with E-state index in [4.69, 9.17) is 10.1 Å². The van der Waals surface area contributed by atoms with Crippen LogP contribution in [0.4, 0.5) is 20.4 Å². The highest BCUT2D eigenvalue weighted by molar-refractivity contribution is 5.87. The Kier molecular flexibility index (Phi) is 10.6. The average Bonchev–Trinajstić information content (AvgIpc) is 2.92. The molecule has 2 atom stereocenters. The number of carbonyl (C=O) groups is 1. The Morgan fingerprint density at radius 2 is 1.88 bits per heavy atom. The number of alkyl halides is 1. The summed E-state index contributed by atoms with van der Waals surface area (Å²) in [5, 5.41) is 12.0. The van der Waals surface area contributed by atoms with Gasteiger partial charge in [-0.25, -0.2) is 18.7 Å². The third kappa shape index (κ3) is 8.28. The van der Waals surface area contributed by atoms with Gasteiger partial charge in [0.25, 0.3) is 0 Å². The van der Waals surface area contributed by atoms with E-state index in [9.17, 15) is 9.18 Å². The normalized spacial score (nSPS) is 14.2. The van der Waals surface area contributed by atoms with Gasteiger partial charge in [0.05, 0.1) is 11.6 Å². The quantitative estimate of drug-likeness (QED) is 0.129. The molecule has 6 nitrogen and oxygen atoms in total. The SMILES string of the molecule is CC=CC(C)(F)c1ccc(N=C(C)Cc2ccc(-c3cnc(NCCCC(C)C(=O)O)nc3)cc2F)c(CC)c1. The minimum absolute atomic E-state index is 0.340. The number of nitrogens with one attached hydrogen (secondary N) is 1. The van der Waals surface area contributed by atoms with Crippen molar-refractivity contribution in [1.82, 2.24) is 9.97 Å². The molecule has 1 aromatic heterocycles. The fourth-order valence-electron chi connectivity index (χ4n) is 4.38. The highest BCUT2D eigenvalue weighted by Gasteiger charge is 2.22. The number of aryl methyl sites for hydroxylation is 1. The number of aromatic nitrogens is 2. The van der Waals surface area contributed by atoms with Gasteiger partial charge in [-0.15, -0.1) is 0 Å². The lowest BCUT2D eigenvalue weighted by Crippen LogP contribution is -2.12. The molecule has 0 aliphatic carbocycles. The molecule has 0 saturated heterocycles. The number of benzene rings is 2. The summed E-state index contributed by atoms with van der Waals surface area (Å²) in [6.45, 7) is 9.45. The largest absolute Gasteiger partial charge is 0.481 e. The number of hydrogen-bond acceptors (Lipinski definition) is 5.